The Kier molecular flexibility index (Phi) is 5.65. The predicted octanol–water partition coefficient (Wildman–Crippen LogP) is 4.53. The van der Waals surface area contributed by atoms with E-state index in [-0.39, 0.29) is 11.4 Å². The first-order chi connectivity index (χ1) is 14.2. The van der Waals surface area contributed by atoms with Gasteiger partial charge in [-0.25, -0.2) is 4.98 Å². The molecule has 1 amide bonds. The molecule has 1 aliphatic rings. The second kappa shape index (κ2) is 8.52. The molecule has 1 saturated carbocycles. The van der Waals surface area contributed by atoms with Crippen LogP contribution in [-0.4, -0.2) is 22.6 Å². The first-order valence-electron chi connectivity index (χ1n) is 10.2. The molecule has 3 aromatic rings. The van der Waals surface area contributed by atoms with Gasteiger partial charge in [-0.3, -0.25) is 4.79 Å². The third-order valence-electron chi connectivity index (χ3n) is 5.79. The summed E-state index contributed by atoms with van der Waals surface area (Å²) < 4.78 is 7.63. The first-order valence-corrected chi connectivity index (χ1v) is 10.2. The van der Waals surface area contributed by atoms with E-state index in [1.165, 1.54) is 0 Å². The van der Waals surface area contributed by atoms with Gasteiger partial charge in [-0.15, -0.1) is 0 Å². The van der Waals surface area contributed by atoms with E-state index in [1.54, 1.807) is 13.3 Å². The van der Waals surface area contributed by atoms with Gasteiger partial charge in [0, 0.05) is 36.5 Å². The standard InChI is InChI=1S/C24H27N3O2/c1-29-21-12-6-5-11-20(21)24(14-7-8-15-24)26-22(28)13-17-27-18-16-25-23(27)19-9-3-2-4-10-19/h2-6,9-12,16,18H,7-8,13-15,17H2,1H3,(H,26,28). The highest BCUT2D eigenvalue weighted by Gasteiger charge is 2.38. The van der Waals surface area contributed by atoms with Gasteiger partial charge in [0.15, 0.2) is 0 Å². The highest BCUT2D eigenvalue weighted by atomic mass is 16.5. The fraction of sp³-hybridized carbons (Fsp3) is 0.333. The van der Waals surface area contributed by atoms with Crippen LogP contribution in [0.2, 0.25) is 0 Å². The van der Waals surface area contributed by atoms with E-state index in [1.807, 2.05) is 59.3 Å². The van der Waals surface area contributed by atoms with Gasteiger partial charge in [-0.1, -0.05) is 61.4 Å². The van der Waals surface area contributed by atoms with Crippen LogP contribution in [0.3, 0.4) is 0 Å². The van der Waals surface area contributed by atoms with Crippen molar-refractivity contribution in [3.63, 3.8) is 0 Å². The number of para-hydroxylation sites is 1. The molecule has 0 unspecified atom stereocenters. The molecule has 0 radical (unpaired) electrons. The molecule has 0 saturated heterocycles. The Bertz CT molecular complexity index is 959. The van der Waals surface area contributed by atoms with Crippen LogP contribution in [0.25, 0.3) is 11.4 Å². The van der Waals surface area contributed by atoms with Crippen LogP contribution in [0, 0.1) is 0 Å². The molecule has 0 aliphatic heterocycles. The number of methoxy groups -OCH3 is 1. The van der Waals surface area contributed by atoms with Gasteiger partial charge >= 0.3 is 0 Å². The van der Waals surface area contributed by atoms with Gasteiger partial charge in [0.05, 0.1) is 12.6 Å². The minimum absolute atomic E-state index is 0.0607. The van der Waals surface area contributed by atoms with Crippen molar-refractivity contribution < 1.29 is 9.53 Å². The van der Waals surface area contributed by atoms with Gasteiger partial charge in [-0.2, -0.15) is 0 Å². The SMILES string of the molecule is COc1ccccc1C1(NC(=O)CCn2ccnc2-c2ccccc2)CCCC1. The second-order valence-corrected chi connectivity index (χ2v) is 7.60. The molecule has 1 heterocycles. The number of imidazole rings is 1. The molecule has 2 aromatic carbocycles. The van der Waals surface area contributed by atoms with Gasteiger partial charge in [-0.05, 0) is 18.9 Å². The van der Waals surface area contributed by atoms with Crippen molar-refractivity contribution in [2.75, 3.05) is 7.11 Å². The summed E-state index contributed by atoms with van der Waals surface area (Å²) in [5.41, 5.74) is 1.81. The Morgan fingerprint density at radius 2 is 1.83 bits per heavy atom. The molecule has 29 heavy (non-hydrogen) atoms. The van der Waals surface area contributed by atoms with Crippen LogP contribution in [0.5, 0.6) is 5.75 Å². The van der Waals surface area contributed by atoms with Gasteiger partial charge in [0.1, 0.15) is 11.6 Å². The molecular formula is C24H27N3O2. The summed E-state index contributed by atoms with van der Waals surface area (Å²) in [7, 11) is 1.69. The molecule has 1 aliphatic carbocycles. The second-order valence-electron chi connectivity index (χ2n) is 7.60. The number of aromatic nitrogens is 2. The Hall–Kier alpha value is -3.08. The van der Waals surface area contributed by atoms with E-state index >= 15 is 0 Å². The van der Waals surface area contributed by atoms with Crippen molar-refractivity contribution in [1.29, 1.82) is 0 Å². The lowest BCUT2D eigenvalue weighted by Crippen LogP contribution is -2.44. The number of nitrogens with zero attached hydrogens (tertiary/aromatic N) is 2. The van der Waals surface area contributed by atoms with Gasteiger partial charge in [0.25, 0.3) is 0 Å². The Labute approximate surface area is 171 Å². The third kappa shape index (κ3) is 4.04. The zero-order valence-electron chi connectivity index (χ0n) is 16.8. The maximum atomic E-state index is 12.9. The van der Waals surface area contributed by atoms with Crippen LogP contribution >= 0.6 is 0 Å². The zero-order valence-corrected chi connectivity index (χ0v) is 16.8. The summed E-state index contributed by atoms with van der Waals surface area (Å²) in [6.07, 6.45) is 8.23. The Morgan fingerprint density at radius 3 is 2.59 bits per heavy atom. The van der Waals surface area contributed by atoms with Crippen molar-refractivity contribution in [1.82, 2.24) is 14.9 Å². The van der Waals surface area contributed by atoms with Crippen LogP contribution in [0.15, 0.2) is 67.0 Å². The summed E-state index contributed by atoms with van der Waals surface area (Å²) in [5.74, 6) is 1.79. The van der Waals surface area contributed by atoms with Gasteiger partial charge in [0.2, 0.25) is 5.91 Å². The van der Waals surface area contributed by atoms with Crippen LogP contribution < -0.4 is 10.1 Å². The topological polar surface area (TPSA) is 56.1 Å². The molecule has 0 atom stereocenters. The number of benzene rings is 2. The number of carbonyl (C=O) groups excluding carboxylic acids is 1. The Morgan fingerprint density at radius 1 is 1.10 bits per heavy atom. The molecule has 0 spiro atoms. The summed E-state index contributed by atoms with van der Waals surface area (Å²) in [6.45, 7) is 0.595. The summed E-state index contributed by atoms with van der Waals surface area (Å²) >= 11 is 0. The van der Waals surface area contributed by atoms with Crippen LogP contribution in [-0.2, 0) is 16.9 Å². The number of aryl methyl sites for hydroxylation is 1. The van der Waals surface area contributed by atoms with E-state index in [4.69, 9.17) is 4.74 Å². The predicted molar refractivity (Wildman–Crippen MR) is 114 cm³/mol. The monoisotopic (exact) mass is 389 g/mol. The highest BCUT2D eigenvalue weighted by Crippen LogP contribution is 2.42. The largest absolute Gasteiger partial charge is 0.496 e. The van der Waals surface area contributed by atoms with Gasteiger partial charge < -0.3 is 14.6 Å². The third-order valence-corrected chi connectivity index (χ3v) is 5.79. The average molecular weight is 389 g/mol. The molecule has 4 rings (SSSR count). The number of hydrogen-bond donors (Lipinski definition) is 1. The fourth-order valence-corrected chi connectivity index (χ4v) is 4.37. The van der Waals surface area contributed by atoms with Crippen molar-refractivity contribution >= 4 is 5.91 Å². The lowest BCUT2D eigenvalue weighted by atomic mass is 9.87. The van der Waals surface area contributed by atoms with E-state index in [0.29, 0.717) is 13.0 Å². The summed E-state index contributed by atoms with van der Waals surface area (Å²) in [5, 5.41) is 3.35. The van der Waals surface area contributed by atoms with Crippen LogP contribution in [0.1, 0.15) is 37.7 Å². The van der Waals surface area contributed by atoms with Crippen LogP contribution in [0.4, 0.5) is 0 Å². The van der Waals surface area contributed by atoms with E-state index in [9.17, 15) is 4.79 Å². The minimum Gasteiger partial charge on any atom is -0.496 e. The lowest BCUT2D eigenvalue weighted by molar-refractivity contribution is -0.123. The molecule has 1 aromatic heterocycles. The van der Waals surface area contributed by atoms with E-state index < -0.39 is 0 Å². The van der Waals surface area contributed by atoms with Crippen molar-refractivity contribution in [2.45, 2.75) is 44.2 Å². The number of carbonyl (C=O) groups is 1. The van der Waals surface area contributed by atoms with E-state index in [0.717, 1.165) is 48.4 Å². The smallest absolute Gasteiger partial charge is 0.222 e. The lowest BCUT2D eigenvalue weighted by Gasteiger charge is -2.32. The minimum atomic E-state index is -0.332. The molecule has 150 valence electrons. The highest BCUT2D eigenvalue weighted by molar-refractivity contribution is 5.77. The fourth-order valence-electron chi connectivity index (χ4n) is 4.37. The maximum Gasteiger partial charge on any atom is 0.222 e. The van der Waals surface area contributed by atoms with Crippen molar-refractivity contribution in [3.05, 3.63) is 72.6 Å². The number of hydrogen-bond acceptors (Lipinski definition) is 3. The molecule has 1 N–H and O–H groups in total. The van der Waals surface area contributed by atoms with Crippen molar-refractivity contribution in [3.8, 4) is 17.1 Å². The molecule has 5 heteroatoms. The van der Waals surface area contributed by atoms with Crippen molar-refractivity contribution in [2.24, 2.45) is 0 Å². The number of ether oxygens (including phenoxy) is 1. The number of nitrogens with one attached hydrogen (secondary N) is 1. The quantitative estimate of drug-likeness (QED) is 0.646. The molecular weight excluding hydrogens is 362 g/mol. The van der Waals surface area contributed by atoms with E-state index in [2.05, 4.69) is 16.4 Å². The number of rotatable bonds is 7. The molecule has 0 bridgehead atoms. The average Bonchev–Trinajstić information content (AvgIpc) is 3.43. The number of amides is 1. The summed E-state index contributed by atoms with van der Waals surface area (Å²) in [6, 6.07) is 18.1. The molecule has 1 fully saturated rings. The maximum absolute atomic E-state index is 12.9. The molecule has 5 nitrogen and oxygen atoms in total. The Balaban J connectivity index is 1.48. The normalized spacial score (nSPS) is 15.2. The first kappa shape index (κ1) is 19.2. The zero-order chi connectivity index (χ0) is 20.1. The summed E-state index contributed by atoms with van der Waals surface area (Å²) in [4.78, 5) is 17.4.